The third-order valence-electron chi connectivity index (χ3n) is 6.51. The summed E-state index contributed by atoms with van der Waals surface area (Å²) in [6, 6.07) is 2.62. The molecule has 12 heteroatoms. The van der Waals surface area contributed by atoms with Crippen molar-refractivity contribution in [2.45, 2.75) is 43.7 Å². The lowest BCUT2D eigenvalue weighted by Gasteiger charge is -2.46. The fraction of sp³-hybridized carbons (Fsp3) is 0.455. The van der Waals surface area contributed by atoms with Gasteiger partial charge in [0.2, 0.25) is 11.8 Å². The Morgan fingerprint density at radius 3 is 2.53 bits per heavy atom. The molecule has 1 unspecified atom stereocenters. The molecule has 1 aromatic carbocycles. The van der Waals surface area contributed by atoms with Crippen LogP contribution >= 0.6 is 11.8 Å². The largest absolute Gasteiger partial charge is 0.506 e. The number of nitrogens with one attached hydrogen (secondary N) is 2. The number of thioether (sulfide) groups is 1. The minimum Gasteiger partial charge on any atom is -0.506 e. The fourth-order valence-corrected chi connectivity index (χ4v) is 6.32. The van der Waals surface area contributed by atoms with Gasteiger partial charge in [0, 0.05) is 22.6 Å². The number of phenolic OH excluding ortho intramolecular Hbond substituents is 1. The minimum absolute atomic E-state index is 0.0549. The zero-order chi connectivity index (χ0) is 24.9. The Morgan fingerprint density at radius 1 is 1.24 bits per heavy atom. The summed E-state index contributed by atoms with van der Waals surface area (Å²) in [4.78, 5) is 49.9. The van der Waals surface area contributed by atoms with Gasteiger partial charge in [-0.3, -0.25) is 9.59 Å². The van der Waals surface area contributed by atoms with Crippen molar-refractivity contribution in [2.75, 3.05) is 11.9 Å². The summed E-state index contributed by atoms with van der Waals surface area (Å²) in [6.07, 6.45) is -0.496. The van der Waals surface area contributed by atoms with Crippen LogP contribution in [0.4, 0.5) is 5.69 Å². The summed E-state index contributed by atoms with van der Waals surface area (Å²) in [6.45, 7) is 3.79. The van der Waals surface area contributed by atoms with Crippen molar-refractivity contribution in [3.05, 3.63) is 34.4 Å². The van der Waals surface area contributed by atoms with Gasteiger partial charge in [-0.05, 0) is 31.5 Å². The van der Waals surface area contributed by atoms with Crippen LogP contribution in [0.15, 0.2) is 28.8 Å². The van der Waals surface area contributed by atoms with Gasteiger partial charge in [-0.25, -0.2) is 9.59 Å². The first-order valence-corrected chi connectivity index (χ1v) is 11.6. The molecular weight excluding hydrogens is 466 g/mol. The van der Waals surface area contributed by atoms with Crippen molar-refractivity contribution >= 4 is 41.2 Å². The number of rotatable bonds is 7. The first-order valence-electron chi connectivity index (χ1n) is 10.8. The first-order chi connectivity index (χ1) is 16.0. The average molecular weight is 492 g/mol. The zero-order valence-corrected chi connectivity index (χ0v) is 19.2. The van der Waals surface area contributed by atoms with Gasteiger partial charge >= 0.3 is 11.9 Å². The zero-order valence-electron chi connectivity index (χ0n) is 18.4. The van der Waals surface area contributed by atoms with Crippen LogP contribution in [-0.2, 0) is 14.4 Å². The number of fused-ring (bicyclic) bond motifs is 1. The van der Waals surface area contributed by atoms with Crippen LogP contribution in [0.1, 0.15) is 30.6 Å². The Balaban J connectivity index is 1.43. The lowest BCUT2D eigenvalue weighted by molar-refractivity contribution is -0.163. The molecule has 3 aliphatic rings. The summed E-state index contributed by atoms with van der Waals surface area (Å²) in [5, 5.41) is 44.2. The monoisotopic (exact) mass is 491 g/mol. The lowest BCUT2D eigenvalue weighted by atomic mass is 9.79. The van der Waals surface area contributed by atoms with Gasteiger partial charge in [0.05, 0.1) is 35.4 Å². The molecule has 1 aromatic rings. The standard InChI is InChI=1S/C22H25N3O8S/c1-8-16-15(9(2)26)20(29)25(16)17(22(32)33)18(8)34-11-6-13(23-7-11)19(28)24-12-4-3-10(21(30)31)5-14(12)27/h3-5,8-9,11,13,15-16,23,26-27H,6-7H2,1-2H3,(H,24,28)(H,30,31)(H,32,33)/t8-,9-,11+,13+,15?,16-/m1/s1. The molecule has 0 aromatic heterocycles. The van der Waals surface area contributed by atoms with Crippen molar-refractivity contribution < 1.29 is 39.6 Å². The number of hydrogen-bond acceptors (Lipinski definition) is 8. The van der Waals surface area contributed by atoms with E-state index >= 15 is 0 Å². The molecule has 0 radical (unpaired) electrons. The van der Waals surface area contributed by atoms with E-state index in [0.717, 1.165) is 6.07 Å². The number of carbonyl (C=O) groups is 4. The number of amides is 2. The van der Waals surface area contributed by atoms with Crippen molar-refractivity contribution in [3.63, 3.8) is 0 Å². The summed E-state index contributed by atoms with van der Waals surface area (Å²) in [7, 11) is 0. The number of aliphatic carboxylic acids is 1. The van der Waals surface area contributed by atoms with Crippen LogP contribution in [0.3, 0.4) is 0 Å². The van der Waals surface area contributed by atoms with Gasteiger partial charge in [0.15, 0.2) is 0 Å². The SMILES string of the molecule is C[C@@H](O)C1C(=O)N2C(C(=O)O)=C(S[C@@H]3CN[C@H](C(=O)Nc4ccc(C(=O)O)cc4O)C3)[C@H](C)[C@H]12. The van der Waals surface area contributed by atoms with Gasteiger partial charge < -0.3 is 36.0 Å². The molecule has 182 valence electrons. The molecule has 34 heavy (non-hydrogen) atoms. The molecule has 2 amide bonds. The minimum atomic E-state index is -1.20. The molecule has 3 heterocycles. The maximum atomic E-state index is 12.7. The summed E-state index contributed by atoms with van der Waals surface area (Å²) >= 11 is 1.32. The summed E-state index contributed by atoms with van der Waals surface area (Å²) in [5.74, 6) is -4.47. The maximum absolute atomic E-state index is 12.7. The molecule has 0 bridgehead atoms. The van der Waals surface area contributed by atoms with E-state index in [1.165, 1.54) is 35.7 Å². The quantitative estimate of drug-likeness (QED) is 0.234. The smallest absolute Gasteiger partial charge is 0.353 e. The predicted molar refractivity (Wildman–Crippen MR) is 121 cm³/mol. The number of aromatic carboxylic acids is 1. The summed E-state index contributed by atoms with van der Waals surface area (Å²) in [5.41, 5.74) is -0.0823. The number of β-lactam (4-membered cyclic amide) rings is 1. The van der Waals surface area contributed by atoms with Crippen molar-refractivity contribution in [3.8, 4) is 5.75 Å². The van der Waals surface area contributed by atoms with E-state index in [9.17, 15) is 34.5 Å². The van der Waals surface area contributed by atoms with Gasteiger partial charge in [0.1, 0.15) is 11.4 Å². The molecular formula is C22H25N3O8S. The van der Waals surface area contributed by atoms with E-state index in [1.54, 1.807) is 0 Å². The molecule has 2 saturated heterocycles. The van der Waals surface area contributed by atoms with Crippen LogP contribution < -0.4 is 10.6 Å². The first kappa shape index (κ1) is 24.0. The fourth-order valence-electron chi connectivity index (χ4n) is 4.84. The Kier molecular flexibility index (Phi) is 6.32. The second kappa shape index (κ2) is 8.93. The molecule has 0 aliphatic carbocycles. The van der Waals surface area contributed by atoms with E-state index in [4.69, 9.17) is 5.11 Å². The number of aliphatic hydroxyl groups is 1. The molecule has 6 N–H and O–H groups in total. The normalized spacial score (nSPS) is 29.0. The third-order valence-corrected chi connectivity index (χ3v) is 8.03. The second-order valence-corrected chi connectivity index (χ2v) is 10.1. The molecule has 0 spiro atoms. The number of benzene rings is 1. The van der Waals surface area contributed by atoms with E-state index in [1.807, 2.05) is 6.92 Å². The lowest BCUT2D eigenvalue weighted by Crippen LogP contribution is -2.63. The number of aliphatic hydroxyl groups excluding tert-OH is 1. The highest BCUT2D eigenvalue weighted by atomic mass is 32.2. The Morgan fingerprint density at radius 2 is 1.94 bits per heavy atom. The number of carboxylic acid groups (broad SMARTS) is 2. The third kappa shape index (κ3) is 4.01. The number of nitrogens with zero attached hydrogens (tertiary/aromatic N) is 1. The molecule has 0 saturated carbocycles. The molecule has 4 rings (SSSR count). The Hall–Kier alpha value is -3.09. The average Bonchev–Trinajstić information content (AvgIpc) is 3.31. The predicted octanol–water partition coefficient (Wildman–Crippen LogP) is 0.646. The van der Waals surface area contributed by atoms with Crippen molar-refractivity contribution in [1.29, 1.82) is 0 Å². The maximum Gasteiger partial charge on any atom is 0.353 e. The number of hydrogen-bond donors (Lipinski definition) is 6. The highest BCUT2D eigenvalue weighted by Gasteiger charge is 2.60. The number of carbonyl (C=O) groups excluding carboxylic acids is 2. The highest BCUT2D eigenvalue weighted by Crippen LogP contribution is 2.51. The van der Waals surface area contributed by atoms with E-state index in [0.29, 0.717) is 17.9 Å². The molecule has 6 atom stereocenters. The number of phenols is 1. The summed E-state index contributed by atoms with van der Waals surface area (Å²) < 4.78 is 0. The highest BCUT2D eigenvalue weighted by molar-refractivity contribution is 8.03. The van der Waals surface area contributed by atoms with Crippen LogP contribution in [0.5, 0.6) is 5.75 Å². The molecule has 11 nitrogen and oxygen atoms in total. The topological polar surface area (TPSA) is 176 Å². The van der Waals surface area contributed by atoms with Gasteiger partial charge in [-0.2, -0.15) is 0 Å². The second-order valence-electron chi connectivity index (χ2n) is 8.73. The molecule has 3 aliphatic heterocycles. The van der Waals surface area contributed by atoms with E-state index in [-0.39, 0.29) is 33.9 Å². The van der Waals surface area contributed by atoms with Crippen LogP contribution in [0.25, 0.3) is 0 Å². The molecule has 2 fully saturated rings. The van der Waals surface area contributed by atoms with E-state index < -0.39 is 47.9 Å². The van der Waals surface area contributed by atoms with Gasteiger partial charge in [-0.1, -0.05) is 6.92 Å². The Bertz CT molecular complexity index is 1100. The number of aromatic hydroxyl groups is 1. The number of anilines is 1. The van der Waals surface area contributed by atoms with Gasteiger partial charge in [-0.15, -0.1) is 11.8 Å². The van der Waals surface area contributed by atoms with Crippen LogP contribution in [0, 0.1) is 11.8 Å². The number of carboxylic acids is 2. The van der Waals surface area contributed by atoms with E-state index in [2.05, 4.69) is 10.6 Å². The van der Waals surface area contributed by atoms with Crippen molar-refractivity contribution in [1.82, 2.24) is 10.2 Å². The Labute approximate surface area is 198 Å². The van der Waals surface area contributed by atoms with Crippen molar-refractivity contribution in [2.24, 2.45) is 11.8 Å². The van der Waals surface area contributed by atoms with Crippen LogP contribution in [-0.4, -0.2) is 79.1 Å². The van der Waals surface area contributed by atoms with Crippen LogP contribution in [0.2, 0.25) is 0 Å². The van der Waals surface area contributed by atoms with Gasteiger partial charge in [0.25, 0.3) is 0 Å².